The summed E-state index contributed by atoms with van der Waals surface area (Å²) in [6.45, 7) is -0.181. The minimum Gasteiger partial charge on any atom is -0.450 e. The van der Waals surface area contributed by atoms with Gasteiger partial charge >= 0.3 is 5.97 Å². The molecule has 0 unspecified atom stereocenters. The Balaban J connectivity index is 1.37. The van der Waals surface area contributed by atoms with Crippen LogP contribution in [-0.4, -0.2) is 30.9 Å². The molecule has 0 aliphatic heterocycles. The number of carbonyl (C=O) groups excluding carboxylic acids is 1. The number of hydrogen-bond acceptors (Lipinski definition) is 7. The Morgan fingerprint density at radius 3 is 2.12 bits per heavy atom. The first-order valence-electron chi connectivity index (χ1n) is 9.91. The van der Waals surface area contributed by atoms with Crippen LogP contribution in [0.3, 0.4) is 0 Å². The minimum absolute atomic E-state index is 0.0597. The maximum Gasteiger partial charge on any atom is 0.378 e. The molecule has 0 saturated heterocycles. The summed E-state index contributed by atoms with van der Waals surface area (Å²) in [5.41, 5.74) is 2.39. The molecule has 8 heteroatoms. The van der Waals surface area contributed by atoms with E-state index in [1.165, 1.54) is 0 Å². The van der Waals surface area contributed by atoms with E-state index in [1.54, 1.807) is 4.68 Å². The summed E-state index contributed by atoms with van der Waals surface area (Å²) in [6.07, 6.45) is 0. The largest absolute Gasteiger partial charge is 0.450 e. The molecule has 0 aliphatic rings. The van der Waals surface area contributed by atoms with Crippen LogP contribution in [-0.2, 0) is 11.3 Å². The van der Waals surface area contributed by atoms with Crippen molar-refractivity contribution >= 4 is 5.97 Å². The lowest BCUT2D eigenvalue weighted by molar-refractivity contribution is 0.0424. The average molecular weight is 423 g/mol. The Bertz CT molecular complexity index is 1280. The number of hydrogen-bond donors (Lipinski definition) is 0. The molecule has 0 fully saturated rings. The molecule has 2 aromatic heterocycles. The molecule has 2 heterocycles. The number of carbonyl (C=O) groups is 1. The van der Waals surface area contributed by atoms with Crippen LogP contribution < -0.4 is 0 Å². The highest BCUT2D eigenvalue weighted by Gasteiger charge is 2.21. The first kappa shape index (κ1) is 19.4. The van der Waals surface area contributed by atoms with Gasteiger partial charge in [0.25, 0.3) is 11.7 Å². The zero-order valence-electron chi connectivity index (χ0n) is 16.8. The molecule has 5 rings (SSSR count). The molecule has 5 aromatic rings. The van der Waals surface area contributed by atoms with Crippen molar-refractivity contribution < 1.29 is 13.9 Å². The van der Waals surface area contributed by atoms with Crippen molar-refractivity contribution in [3.05, 3.63) is 103 Å². The molecule has 0 amide bonds. The van der Waals surface area contributed by atoms with Crippen molar-refractivity contribution in [1.29, 1.82) is 0 Å². The Kier molecular flexibility index (Phi) is 5.24. The Hall–Kier alpha value is -4.59. The standard InChI is InChI=1S/C24H17N5O3/c30-24(31-16-20-26-27-23(32-20)18-12-6-2-7-13-18)21-25-22(17-10-4-1-5-11-17)29(28-21)19-14-8-3-9-15-19/h1-15H,16H2. The van der Waals surface area contributed by atoms with Crippen molar-refractivity contribution in [2.24, 2.45) is 0 Å². The number of para-hydroxylation sites is 1. The zero-order valence-corrected chi connectivity index (χ0v) is 16.8. The number of esters is 1. The van der Waals surface area contributed by atoms with E-state index in [0.717, 1.165) is 16.8 Å². The van der Waals surface area contributed by atoms with Crippen molar-refractivity contribution in [1.82, 2.24) is 25.0 Å². The lowest BCUT2D eigenvalue weighted by atomic mass is 10.2. The van der Waals surface area contributed by atoms with E-state index in [1.807, 2.05) is 91.0 Å². The molecule has 0 aliphatic carbocycles. The SMILES string of the molecule is O=C(OCc1nnc(-c2ccccc2)o1)c1nc(-c2ccccc2)n(-c2ccccc2)n1. The molecular weight excluding hydrogens is 406 g/mol. The van der Waals surface area contributed by atoms with Gasteiger partial charge in [-0.05, 0) is 24.3 Å². The van der Waals surface area contributed by atoms with Crippen LogP contribution in [0.25, 0.3) is 28.5 Å². The fourth-order valence-electron chi connectivity index (χ4n) is 3.12. The maximum atomic E-state index is 12.7. The molecular formula is C24H17N5O3. The van der Waals surface area contributed by atoms with Crippen molar-refractivity contribution in [3.8, 4) is 28.5 Å². The molecule has 0 radical (unpaired) electrons. The van der Waals surface area contributed by atoms with E-state index in [2.05, 4.69) is 20.3 Å². The third-order valence-corrected chi connectivity index (χ3v) is 4.64. The minimum atomic E-state index is -0.684. The monoisotopic (exact) mass is 423 g/mol. The van der Waals surface area contributed by atoms with Crippen molar-refractivity contribution in [3.63, 3.8) is 0 Å². The fourth-order valence-corrected chi connectivity index (χ4v) is 3.12. The number of ether oxygens (including phenoxy) is 1. The zero-order chi connectivity index (χ0) is 21.8. The third kappa shape index (κ3) is 4.01. The number of aromatic nitrogens is 5. The molecule has 3 aromatic carbocycles. The van der Waals surface area contributed by atoms with Gasteiger partial charge in [0, 0.05) is 11.1 Å². The Morgan fingerprint density at radius 2 is 1.44 bits per heavy atom. The van der Waals surface area contributed by atoms with E-state index in [9.17, 15) is 4.79 Å². The van der Waals surface area contributed by atoms with Gasteiger partial charge in [0.15, 0.2) is 12.4 Å². The molecule has 0 saturated carbocycles. The lowest BCUT2D eigenvalue weighted by Gasteiger charge is -2.05. The van der Waals surface area contributed by atoms with Crippen LogP contribution in [0.1, 0.15) is 16.5 Å². The van der Waals surface area contributed by atoms with E-state index < -0.39 is 5.97 Å². The first-order valence-corrected chi connectivity index (χ1v) is 9.91. The van der Waals surface area contributed by atoms with E-state index in [4.69, 9.17) is 9.15 Å². The van der Waals surface area contributed by atoms with Gasteiger partial charge in [0.2, 0.25) is 5.89 Å². The molecule has 0 bridgehead atoms. The highest BCUT2D eigenvalue weighted by molar-refractivity contribution is 5.86. The summed E-state index contributed by atoms with van der Waals surface area (Å²) < 4.78 is 12.5. The highest BCUT2D eigenvalue weighted by atomic mass is 16.5. The summed E-state index contributed by atoms with van der Waals surface area (Å²) in [4.78, 5) is 17.1. The van der Waals surface area contributed by atoms with Gasteiger partial charge in [-0.25, -0.2) is 14.5 Å². The predicted octanol–water partition coefficient (Wildman–Crippen LogP) is 4.34. The van der Waals surface area contributed by atoms with Gasteiger partial charge in [-0.1, -0.05) is 66.7 Å². The summed E-state index contributed by atoms with van der Waals surface area (Å²) in [7, 11) is 0. The van der Waals surface area contributed by atoms with Crippen LogP contribution >= 0.6 is 0 Å². The quantitative estimate of drug-likeness (QED) is 0.375. The topological polar surface area (TPSA) is 95.9 Å². The lowest BCUT2D eigenvalue weighted by Crippen LogP contribution is -2.08. The molecule has 8 nitrogen and oxygen atoms in total. The van der Waals surface area contributed by atoms with Crippen LogP contribution in [0, 0.1) is 0 Å². The van der Waals surface area contributed by atoms with Crippen LogP contribution in [0.4, 0.5) is 0 Å². The Morgan fingerprint density at radius 1 is 0.812 bits per heavy atom. The first-order chi connectivity index (χ1) is 15.8. The number of nitrogens with zero attached hydrogens (tertiary/aromatic N) is 5. The second-order valence-electron chi connectivity index (χ2n) is 6.82. The second kappa shape index (κ2) is 8.65. The van der Waals surface area contributed by atoms with Gasteiger partial charge < -0.3 is 9.15 Å². The fraction of sp³-hybridized carbons (Fsp3) is 0.0417. The van der Waals surface area contributed by atoms with Gasteiger partial charge in [-0.15, -0.1) is 15.3 Å². The summed E-state index contributed by atoms with van der Waals surface area (Å²) in [5.74, 6) is 0.331. The van der Waals surface area contributed by atoms with E-state index in [0.29, 0.717) is 11.7 Å². The maximum absolute atomic E-state index is 12.7. The Labute approximate surface area is 183 Å². The van der Waals surface area contributed by atoms with E-state index >= 15 is 0 Å². The molecule has 0 atom stereocenters. The van der Waals surface area contributed by atoms with Crippen LogP contribution in [0.2, 0.25) is 0 Å². The molecule has 0 N–H and O–H groups in total. The highest BCUT2D eigenvalue weighted by Crippen LogP contribution is 2.22. The molecule has 0 spiro atoms. The van der Waals surface area contributed by atoms with Crippen molar-refractivity contribution in [2.45, 2.75) is 6.61 Å². The van der Waals surface area contributed by atoms with Crippen LogP contribution in [0.5, 0.6) is 0 Å². The average Bonchev–Trinajstić information content (AvgIpc) is 3.52. The normalized spacial score (nSPS) is 10.8. The van der Waals surface area contributed by atoms with Gasteiger partial charge in [0.1, 0.15) is 0 Å². The van der Waals surface area contributed by atoms with Crippen LogP contribution in [0.15, 0.2) is 95.4 Å². The predicted molar refractivity (Wildman–Crippen MR) is 116 cm³/mol. The van der Waals surface area contributed by atoms with Crippen molar-refractivity contribution in [2.75, 3.05) is 0 Å². The molecule has 156 valence electrons. The van der Waals surface area contributed by atoms with E-state index in [-0.39, 0.29) is 18.3 Å². The van der Waals surface area contributed by atoms with Gasteiger partial charge in [-0.3, -0.25) is 0 Å². The third-order valence-electron chi connectivity index (χ3n) is 4.64. The van der Waals surface area contributed by atoms with Gasteiger partial charge in [0.05, 0.1) is 5.69 Å². The molecule has 32 heavy (non-hydrogen) atoms. The summed E-state index contributed by atoms with van der Waals surface area (Å²) in [5, 5.41) is 12.3. The number of rotatable bonds is 6. The summed E-state index contributed by atoms with van der Waals surface area (Å²) in [6, 6.07) is 28.3. The number of benzene rings is 3. The van der Waals surface area contributed by atoms with Gasteiger partial charge in [-0.2, -0.15) is 0 Å². The summed E-state index contributed by atoms with van der Waals surface area (Å²) >= 11 is 0. The second-order valence-corrected chi connectivity index (χ2v) is 6.82. The smallest absolute Gasteiger partial charge is 0.378 e.